The maximum absolute atomic E-state index is 11.1. The number of Topliss-reactive ketones (excluding diaryl/α,β-unsaturated/α-hetero) is 1. The maximum atomic E-state index is 11.1. The zero-order valence-corrected chi connectivity index (χ0v) is 7.77. The van der Waals surface area contributed by atoms with E-state index in [0.29, 0.717) is 0 Å². The van der Waals surface area contributed by atoms with Gasteiger partial charge in [0.15, 0.2) is 11.5 Å². The first-order valence-electron chi connectivity index (χ1n) is 3.85. The highest BCUT2D eigenvalue weighted by Gasteiger charge is 2.15. The third-order valence-electron chi connectivity index (χ3n) is 1.61. The van der Waals surface area contributed by atoms with Crippen LogP contribution in [0.3, 0.4) is 0 Å². The lowest BCUT2D eigenvalue weighted by atomic mass is 10.2. The molecule has 1 aromatic heterocycles. The molecule has 0 radical (unpaired) electrons. The van der Waals surface area contributed by atoms with E-state index in [-0.39, 0.29) is 22.9 Å². The second kappa shape index (κ2) is 3.87. The SMILES string of the molecule is COC(=O)c1nc(C(C)=O)ccc1O. The zero-order valence-electron chi connectivity index (χ0n) is 7.77. The second-order valence-electron chi connectivity index (χ2n) is 2.61. The van der Waals surface area contributed by atoms with Crippen LogP contribution in [-0.2, 0) is 4.74 Å². The van der Waals surface area contributed by atoms with E-state index >= 15 is 0 Å². The number of hydrogen-bond acceptors (Lipinski definition) is 5. The van der Waals surface area contributed by atoms with Crippen molar-refractivity contribution in [3.63, 3.8) is 0 Å². The van der Waals surface area contributed by atoms with Crippen molar-refractivity contribution in [2.45, 2.75) is 6.92 Å². The van der Waals surface area contributed by atoms with Crippen LogP contribution in [0.4, 0.5) is 0 Å². The van der Waals surface area contributed by atoms with Crippen LogP contribution in [0.5, 0.6) is 5.75 Å². The van der Waals surface area contributed by atoms with Gasteiger partial charge in [0.1, 0.15) is 11.4 Å². The highest BCUT2D eigenvalue weighted by molar-refractivity contribution is 5.95. The smallest absolute Gasteiger partial charge is 0.360 e. The van der Waals surface area contributed by atoms with Gasteiger partial charge in [-0.3, -0.25) is 4.79 Å². The van der Waals surface area contributed by atoms with E-state index in [1.165, 1.54) is 26.2 Å². The minimum absolute atomic E-state index is 0.114. The molecule has 1 N–H and O–H groups in total. The molecule has 0 aromatic carbocycles. The number of aromatic hydroxyl groups is 1. The molecule has 1 heterocycles. The van der Waals surface area contributed by atoms with Gasteiger partial charge in [-0.2, -0.15) is 0 Å². The summed E-state index contributed by atoms with van der Waals surface area (Å²) in [5.74, 6) is -1.36. The van der Waals surface area contributed by atoms with Gasteiger partial charge in [0.2, 0.25) is 0 Å². The van der Waals surface area contributed by atoms with Crippen molar-refractivity contribution >= 4 is 11.8 Å². The first-order valence-corrected chi connectivity index (χ1v) is 3.85. The standard InChI is InChI=1S/C9H9NO4/c1-5(11)6-3-4-7(12)8(10-6)9(13)14-2/h3-4,12H,1-2H3. The fraction of sp³-hybridized carbons (Fsp3) is 0.222. The summed E-state index contributed by atoms with van der Waals surface area (Å²) >= 11 is 0. The van der Waals surface area contributed by atoms with Crippen LogP contribution in [-0.4, -0.2) is 29.0 Å². The van der Waals surface area contributed by atoms with Crippen LogP contribution >= 0.6 is 0 Å². The second-order valence-corrected chi connectivity index (χ2v) is 2.61. The summed E-state index contributed by atoms with van der Waals surface area (Å²) in [5, 5.41) is 9.24. The molecule has 0 aliphatic carbocycles. The number of carbonyl (C=O) groups is 2. The van der Waals surface area contributed by atoms with Crippen LogP contribution < -0.4 is 0 Å². The number of rotatable bonds is 2. The highest BCUT2D eigenvalue weighted by Crippen LogP contribution is 2.15. The lowest BCUT2D eigenvalue weighted by Crippen LogP contribution is -2.08. The molecule has 0 aliphatic heterocycles. The number of aromatic nitrogens is 1. The molecule has 74 valence electrons. The molecule has 0 bridgehead atoms. The fourth-order valence-electron chi connectivity index (χ4n) is 0.895. The van der Waals surface area contributed by atoms with Crippen LogP contribution in [0.15, 0.2) is 12.1 Å². The van der Waals surface area contributed by atoms with Crippen molar-refractivity contribution in [1.29, 1.82) is 0 Å². The van der Waals surface area contributed by atoms with E-state index in [9.17, 15) is 14.7 Å². The van der Waals surface area contributed by atoms with E-state index in [4.69, 9.17) is 0 Å². The van der Waals surface area contributed by atoms with Crippen molar-refractivity contribution in [2.24, 2.45) is 0 Å². The average molecular weight is 195 g/mol. The number of nitrogens with zero attached hydrogens (tertiary/aromatic N) is 1. The normalized spacial score (nSPS) is 9.57. The van der Waals surface area contributed by atoms with Crippen LogP contribution in [0.25, 0.3) is 0 Å². The van der Waals surface area contributed by atoms with E-state index in [1.807, 2.05) is 0 Å². The van der Waals surface area contributed by atoms with Crippen molar-refractivity contribution in [1.82, 2.24) is 4.98 Å². The summed E-state index contributed by atoms with van der Waals surface area (Å²) in [6.45, 7) is 1.32. The molecular weight excluding hydrogens is 186 g/mol. The van der Waals surface area contributed by atoms with Crippen molar-refractivity contribution in [3.8, 4) is 5.75 Å². The molecular formula is C9H9NO4. The Balaban J connectivity index is 3.21. The maximum Gasteiger partial charge on any atom is 0.360 e. The minimum atomic E-state index is -0.773. The van der Waals surface area contributed by atoms with E-state index in [0.717, 1.165) is 0 Å². The Morgan fingerprint density at radius 2 is 2.07 bits per heavy atom. The molecule has 0 amide bonds. The summed E-state index contributed by atoms with van der Waals surface area (Å²) in [4.78, 5) is 25.6. The van der Waals surface area contributed by atoms with Gasteiger partial charge in [0, 0.05) is 6.92 Å². The summed E-state index contributed by atoms with van der Waals surface area (Å²) in [5.41, 5.74) is -0.136. The Hall–Kier alpha value is -1.91. The summed E-state index contributed by atoms with van der Waals surface area (Å²) in [7, 11) is 1.17. The van der Waals surface area contributed by atoms with Gasteiger partial charge in [-0.25, -0.2) is 9.78 Å². The molecule has 0 aliphatic rings. The summed E-state index contributed by atoms with van der Waals surface area (Å²) in [6.07, 6.45) is 0. The number of esters is 1. The molecule has 0 saturated heterocycles. The van der Waals surface area contributed by atoms with Gasteiger partial charge >= 0.3 is 5.97 Å². The Kier molecular flexibility index (Phi) is 2.81. The zero-order chi connectivity index (χ0) is 10.7. The Morgan fingerprint density at radius 3 is 2.57 bits per heavy atom. The molecule has 5 heteroatoms. The predicted molar refractivity (Wildman–Crippen MR) is 47.2 cm³/mol. The lowest BCUT2D eigenvalue weighted by Gasteiger charge is -2.02. The van der Waals surface area contributed by atoms with Gasteiger partial charge in [-0.05, 0) is 12.1 Å². The largest absolute Gasteiger partial charge is 0.505 e. The van der Waals surface area contributed by atoms with E-state index in [1.54, 1.807) is 0 Å². The van der Waals surface area contributed by atoms with Crippen LogP contribution in [0, 0.1) is 0 Å². The van der Waals surface area contributed by atoms with Crippen molar-refractivity contribution < 1.29 is 19.4 Å². The third-order valence-corrected chi connectivity index (χ3v) is 1.61. The molecule has 0 spiro atoms. The average Bonchev–Trinajstić information content (AvgIpc) is 2.17. The number of pyridine rings is 1. The molecule has 0 saturated carbocycles. The van der Waals surface area contributed by atoms with Crippen molar-refractivity contribution in [2.75, 3.05) is 7.11 Å². The first kappa shape index (κ1) is 10.2. The van der Waals surface area contributed by atoms with Gasteiger partial charge in [0.05, 0.1) is 7.11 Å². The monoisotopic (exact) mass is 195 g/mol. The van der Waals surface area contributed by atoms with Gasteiger partial charge in [-0.15, -0.1) is 0 Å². The Bertz CT molecular complexity index is 386. The topological polar surface area (TPSA) is 76.5 Å². The molecule has 1 aromatic rings. The molecule has 0 atom stereocenters. The molecule has 1 rings (SSSR count). The number of carbonyl (C=O) groups excluding carboxylic acids is 2. The van der Waals surface area contributed by atoms with Crippen LogP contribution in [0.2, 0.25) is 0 Å². The molecule has 14 heavy (non-hydrogen) atoms. The Labute approximate surface area is 80.3 Å². The van der Waals surface area contributed by atoms with Gasteiger partial charge in [0.25, 0.3) is 0 Å². The van der Waals surface area contributed by atoms with Crippen LogP contribution in [0.1, 0.15) is 27.9 Å². The minimum Gasteiger partial charge on any atom is -0.505 e. The number of ketones is 1. The predicted octanol–water partition coefficient (Wildman–Crippen LogP) is 0.776. The molecule has 5 nitrogen and oxygen atoms in total. The number of hydrogen-bond donors (Lipinski definition) is 1. The van der Waals surface area contributed by atoms with E-state index < -0.39 is 5.97 Å². The summed E-state index contributed by atoms with van der Waals surface area (Å²) < 4.78 is 4.38. The van der Waals surface area contributed by atoms with E-state index in [2.05, 4.69) is 9.72 Å². The van der Waals surface area contributed by atoms with Gasteiger partial charge < -0.3 is 9.84 Å². The number of methoxy groups -OCH3 is 1. The molecule has 0 fully saturated rings. The lowest BCUT2D eigenvalue weighted by molar-refractivity contribution is 0.0590. The quantitative estimate of drug-likeness (QED) is 0.557. The van der Waals surface area contributed by atoms with Gasteiger partial charge in [-0.1, -0.05) is 0 Å². The first-order chi connectivity index (χ1) is 6.56. The molecule has 0 unspecified atom stereocenters. The highest BCUT2D eigenvalue weighted by atomic mass is 16.5. The fourth-order valence-corrected chi connectivity index (χ4v) is 0.895. The third kappa shape index (κ3) is 1.87. The summed E-state index contributed by atoms with van der Waals surface area (Å²) in [6, 6.07) is 2.57. The number of ether oxygens (including phenoxy) is 1. The van der Waals surface area contributed by atoms with Crippen molar-refractivity contribution in [3.05, 3.63) is 23.5 Å². The Morgan fingerprint density at radius 1 is 1.43 bits per heavy atom.